The molecule has 0 aliphatic carbocycles. The molecule has 5 heteroatoms. The first-order valence-corrected chi connectivity index (χ1v) is 7.62. The lowest BCUT2D eigenvalue weighted by molar-refractivity contribution is 0.382. The van der Waals surface area contributed by atoms with Crippen molar-refractivity contribution in [2.24, 2.45) is 5.73 Å². The second-order valence-electron chi connectivity index (χ2n) is 4.59. The minimum absolute atomic E-state index is 0.0974. The van der Waals surface area contributed by atoms with Gasteiger partial charge >= 0.3 is 0 Å². The van der Waals surface area contributed by atoms with Crippen molar-refractivity contribution in [3.8, 4) is 0 Å². The van der Waals surface area contributed by atoms with Gasteiger partial charge in [-0.05, 0) is 49.7 Å². The molecule has 0 aliphatic heterocycles. The molecule has 0 amide bonds. The Bertz CT molecular complexity index is 430. The smallest absolute Gasteiger partial charge is 0.171 e. The summed E-state index contributed by atoms with van der Waals surface area (Å²) in [5.74, 6) is 0. The molecule has 0 atom stereocenters. The van der Waals surface area contributed by atoms with Gasteiger partial charge in [0, 0.05) is 21.3 Å². The normalized spacial score (nSPS) is 11.4. The Balaban J connectivity index is 3.38. The maximum absolute atomic E-state index is 6.08. The van der Waals surface area contributed by atoms with Gasteiger partial charge in [-0.25, -0.2) is 0 Å². The third kappa shape index (κ3) is 3.53. The third-order valence-corrected chi connectivity index (χ3v) is 4.39. The van der Waals surface area contributed by atoms with Gasteiger partial charge in [0.1, 0.15) is 0 Å². The molecule has 19 heavy (non-hydrogen) atoms. The number of hydrogen-bond acceptors (Lipinski definition) is 1. The SMILES string of the molecule is CCC(CC)(CC)N(C(N)=S)c1cc(Cl)cc(Cl)c1. The fourth-order valence-electron chi connectivity index (χ4n) is 2.53. The average molecular weight is 319 g/mol. The number of hydrogen-bond donors (Lipinski definition) is 1. The van der Waals surface area contributed by atoms with Gasteiger partial charge in [-0.1, -0.05) is 44.0 Å². The number of nitrogens with two attached hydrogens (primary N) is 1. The van der Waals surface area contributed by atoms with Crippen LogP contribution >= 0.6 is 35.4 Å². The zero-order chi connectivity index (χ0) is 14.6. The molecule has 0 aromatic heterocycles. The molecule has 1 aromatic rings. The van der Waals surface area contributed by atoms with Crippen LogP contribution < -0.4 is 10.6 Å². The van der Waals surface area contributed by atoms with E-state index < -0.39 is 0 Å². The van der Waals surface area contributed by atoms with Crippen LogP contribution in [0.4, 0.5) is 5.69 Å². The maximum atomic E-state index is 6.08. The number of benzene rings is 1. The van der Waals surface area contributed by atoms with Crippen molar-refractivity contribution in [2.45, 2.75) is 45.6 Å². The van der Waals surface area contributed by atoms with Crippen LogP contribution in [0, 0.1) is 0 Å². The van der Waals surface area contributed by atoms with Gasteiger partial charge in [0.2, 0.25) is 0 Å². The average Bonchev–Trinajstić information content (AvgIpc) is 2.34. The van der Waals surface area contributed by atoms with Crippen molar-refractivity contribution in [3.63, 3.8) is 0 Å². The first-order chi connectivity index (χ1) is 8.90. The molecule has 106 valence electrons. The lowest BCUT2D eigenvalue weighted by Crippen LogP contribution is -2.53. The van der Waals surface area contributed by atoms with E-state index in [2.05, 4.69) is 20.8 Å². The molecular weight excluding hydrogens is 299 g/mol. The molecule has 0 bridgehead atoms. The van der Waals surface area contributed by atoms with E-state index in [0.717, 1.165) is 24.9 Å². The largest absolute Gasteiger partial charge is 0.376 e. The summed E-state index contributed by atoms with van der Waals surface area (Å²) in [5, 5.41) is 1.52. The van der Waals surface area contributed by atoms with Crippen molar-refractivity contribution in [2.75, 3.05) is 4.90 Å². The minimum atomic E-state index is -0.0974. The Morgan fingerprint density at radius 3 is 1.84 bits per heavy atom. The van der Waals surface area contributed by atoms with Crippen molar-refractivity contribution < 1.29 is 0 Å². The summed E-state index contributed by atoms with van der Waals surface area (Å²) in [6.07, 6.45) is 2.84. The van der Waals surface area contributed by atoms with Gasteiger partial charge in [0.15, 0.2) is 5.11 Å². The summed E-state index contributed by atoms with van der Waals surface area (Å²) >= 11 is 17.4. The first-order valence-electron chi connectivity index (χ1n) is 6.46. The van der Waals surface area contributed by atoms with Crippen LogP contribution in [0.1, 0.15) is 40.0 Å². The van der Waals surface area contributed by atoms with E-state index in [9.17, 15) is 0 Å². The Hall–Kier alpha value is -0.510. The standard InChI is InChI=1S/C14H20Cl2N2S/c1-4-14(5-2,6-3)18(13(17)19)12-8-10(15)7-11(16)9-12/h7-9H,4-6H2,1-3H3,(H2,17,19). The third-order valence-electron chi connectivity index (χ3n) is 3.77. The fraction of sp³-hybridized carbons (Fsp3) is 0.500. The summed E-state index contributed by atoms with van der Waals surface area (Å²) < 4.78 is 0. The molecular formula is C14H20Cl2N2S. The van der Waals surface area contributed by atoms with Gasteiger partial charge in [0.25, 0.3) is 0 Å². The first kappa shape index (κ1) is 16.5. The van der Waals surface area contributed by atoms with Crippen molar-refractivity contribution in [1.82, 2.24) is 0 Å². The fourth-order valence-corrected chi connectivity index (χ4v) is 3.34. The molecule has 0 aliphatic rings. The predicted molar refractivity (Wildman–Crippen MR) is 89.3 cm³/mol. The molecule has 2 nitrogen and oxygen atoms in total. The molecule has 0 saturated heterocycles. The number of anilines is 1. The predicted octanol–water partition coefficient (Wildman–Crippen LogP) is 5.01. The van der Waals surface area contributed by atoms with Gasteiger partial charge < -0.3 is 10.6 Å². The Morgan fingerprint density at radius 2 is 1.53 bits per heavy atom. The van der Waals surface area contributed by atoms with Crippen LogP contribution in [0.3, 0.4) is 0 Å². The molecule has 1 rings (SSSR count). The van der Waals surface area contributed by atoms with E-state index in [1.807, 2.05) is 17.0 Å². The zero-order valence-corrected chi connectivity index (χ0v) is 13.9. The Morgan fingerprint density at radius 1 is 1.11 bits per heavy atom. The number of halogens is 2. The van der Waals surface area contributed by atoms with Crippen LogP contribution in [0.25, 0.3) is 0 Å². The van der Waals surface area contributed by atoms with Crippen LogP contribution in [0.5, 0.6) is 0 Å². The highest BCUT2D eigenvalue weighted by Crippen LogP contribution is 2.35. The van der Waals surface area contributed by atoms with Crippen LogP contribution in [0.2, 0.25) is 10.0 Å². The van der Waals surface area contributed by atoms with E-state index in [0.29, 0.717) is 15.2 Å². The highest BCUT2D eigenvalue weighted by atomic mass is 35.5. The van der Waals surface area contributed by atoms with Crippen molar-refractivity contribution in [3.05, 3.63) is 28.2 Å². The van der Waals surface area contributed by atoms with E-state index in [1.54, 1.807) is 6.07 Å². The number of nitrogens with zero attached hydrogens (tertiary/aromatic N) is 1. The molecule has 1 aromatic carbocycles. The Labute approximate surface area is 130 Å². The molecule has 0 heterocycles. The summed E-state index contributed by atoms with van der Waals surface area (Å²) in [5.41, 5.74) is 6.71. The zero-order valence-electron chi connectivity index (χ0n) is 11.5. The van der Waals surface area contributed by atoms with Crippen molar-refractivity contribution >= 4 is 46.2 Å². The highest BCUT2D eigenvalue weighted by molar-refractivity contribution is 7.80. The van der Waals surface area contributed by atoms with Gasteiger partial charge in [-0.3, -0.25) is 0 Å². The topological polar surface area (TPSA) is 29.3 Å². The second-order valence-corrected chi connectivity index (χ2v) is 5.88. The van der Waals surface area contributed by atoms with Crippen LogP contribution in [-0.2, 0) is 0 Å². The summed E-state index contributed by atoms with van der Waals surface area (Å²) in [6, 6.07) is 5.40. The lowest BCUT2D eigenvalue weighted by atomic mass is 9.87. The quantitative estimate of drug-likeness (QED) is 0.773. The van der Waals surface area contributed by atoms with E-state index in [4.69, 9.17) is 41.2 Å². The summed E-state index contributed by atoms with van der Waals surface area (Å²) in [7, 11) is 0. The van der Waals surface area contributed by atoms with E-state index in [-0.39, 0.29) is 5.54 Å². The van der Waals surface area contributed by atoms with Crippen LogP contribution in [0.15, 0.2) is 18.2 Å². The molecule has 0 fully saturated rings. The summed E-state index contributed by atoms with van der Waals surface area (Å²) in [6.45, 7) is 6.43. The Kier molecular flexibility index (Phi) is 5.90. The molecule has 0 spiro atoms. The summed E-state index contributed by atoms with van der Waals surface area (Å²) in [4.78, 5) is 1.99. The minimum Gasteiger partial charge on any atom is -0.376 e. The maximum Gasteiger partial charge on any atom is 0.171 e. The monoisotopic (exact) mass is 318 g/mol. The van der Waals surface area contributed by atoms with Gasteiger partial charge in [-0.15, -0.1) is 0 Å². The second kappa shape index (κ2) is 6.78. The lowest BCUT2D eigenvalue weighted by Gasteiger charge is -2.43. The van der Waals surface area contributed by atoms with E-state index in [1.165, 1.54) is 0 Å². The molecule has 0 radical (unpaired) electrons. The molecule has 0 unspecified atom stereocenters. The number of rotatable bonds is 5. The van der Waals surface area contributed by atoms with Crippen molar-refractivity contribution in [1.29, 1.82) is 0 Å². The number of thiocarbonyl (C=S) groups is 1. The van der Waals surface area contributed by atoms with Gasteiger partial charge in [-0.2, -0.15) is 0 Å². The molecule has 2 N–H and O–H groups in total. The van der Waals surface area contributed by atoms with Gasteiger partial charge in [0.05, 0.1) is 0 Å². The highest BCUT2D eigenvalue weighted by Gasteiger charge is 2.34. The van der Waals surface area contributed by atoms with E-state index >= 15 is 0 Å². The van der Waals surface area contributed by atoms with Crippen LogP contribution in [-0.4, -0.2) is 10.7 Å². The molecule has 0 saturated carbocycles.